The van der Waals surface area contributed by atoms with Crippen molar-refractivity contribution in [1.29, 1.82) is 0 Å². The van der Waals surface area contributed by atoms with Gasteiger partial charge in [-0.15, -0.1) is 0 Å². The molecule has 0 saturated heterocycles. The molecule has 0 bridgehead atoms. The van der Waals surface area contributed by atoms with Crippen LogP contribution in [0.4, 0.5) is 23.2 Å². The molecule has 0 atom stereocenters. The van der Waals surface area contributed by atoms with E-state index >= 15 is 0 Å². The summed E-state index contributed by atoms with van der Waals surface area (Å²) >= 11 is 3.09. The van der Waals surface area contributed by atoms with Crippen molar-refractivity contribution in [2.24, 2.45) is 0 Å². The Hall–Kier alpha value is -0.820. The molecule has 0 heterocycles. The molecule has 1 aromatic rings. The zero-order chi connectivity index (χ0) is 12.9. The summed E-state index contributed by atoms with van der Waals surface area (Å²) < 4.78 is 53.3. The van der Waals surface area contributed by atoms with Crippen LogP contribution in [0.2, 0.25) is 0 Å². The predicted octanol–water partition coefficient (Wildman–Crippen LogP) is 3.58. The van der Waals surface area contributed by atoms with Gasteiger partial charge in [0.1, 0.15) is 12.4 Å². The lowest BCUT2D eigenvalue weighted by Crippen LogP contribution is -2.20. The van der Waals surface area contributed by atoms with Crippen molar-refractivity contribution in [3.8, 4) is 0 Å². The molecule has 96 valence electrons. The van der Waals surface area contributed by atoms with Crippen molar-refractivity contribution >= 4 is 21.6 Å². The number of halogens is 5. The number of hydrogen-bond acceptors (Lipinski definition) is 2. The van der Waals surface area contributed by atoms with Gasteiger partial charge in [-0.1, -0.05) is 15.9 Å². The summed E-state index contributed by atoms with van der Waals surface area (Å²) in [5.74, 6) is -0.477. The maximum atomic E-state index is 13.2. The van der Waals surface area contributed by atoms with E-state index in [9.17, 15) is 17.6 Å². The molecular formula is C10H10BrF4NO. The first-order chi connectivity index (χ1) is 7.88. The lowest BCUT2D eigenvalue weighted by Gasteiger charge is -2.09. The van der Waals surface area contributed by atoms with Crippen molar-refractivity contribution in [3.63, 3.8) is 0 Å². The molecule has 1 N–H and O–H groups in total. The Bertz CT molecular complexity index is 370. The molecule has 0 amide bonds. The first kappa shape index (κ1) is 14.2. The summed E-state index contributed by atoms with van der Waals surface area (Å²) in [6.45, 7) is -1.33. The molecule has 0 saturated carbocycles. The summed E-state index contributed by atoms with van der Waals surface area (Å²) in [7, 11) is 0. The van der Waals surface area contributed by atoms with Crippen LogP contribution in [0.5, 0.6) is 0 Å². The molecule has 0 unspecified atom stereocenters. The average molecular weight is 316 g/mol. The molecule has 17 heavy (non-hydrogen) atoms. The molecule has 0 fully saturated rings. The molecule has 0 aromatic heterocycles. The lowest BCUT2D eigenvalue weighted by molar-refractivity contribution is -0.172. The van der Waals surface area contributed by atoms with Gasteiger partial charge in [0.25, 0.3) is 0 Å². The number of rotatable bonds is 5. The van der Waals surface area contributed by atoms with Gasteiger partial charge in [-0.2, -0.15) is 13.2 Å². The van der Waals surface area contributed by atoms with E-state index < -0.39 is 18.6 Å². The van der Waals surface area contributed by atoms with Gasteiger partial charge >= 0.3 is 6.18 Å². The standard InChI is InChI=1S/C10H10BrF4NO/c11-7-1-2-9(8(12)5-7)16-3-4-17-6-10(13,14)15/h1-2,5,16H,3-4,6H2. The number of nitrogens with one attached hydrogen (secondary N) is 1. The molecule has 1 aromatic carbocycles. The van der Waals surface area contributed by atoms with Crippen molar-refractivity contribution in [2.75, 3.05) is 25.1 Å². The molecule has 0 aliphatic carbocycles. The first-order valence-corrected chi connectivity index (χ1v) is 5.51. The van der Waals surface area contributed by atoms with E-state index in [-0.39, 0.29) is 18.8 Å². The Morgan fingerprint density at radius 2 is 2.00 bits per heavy atom. The molecule has 0 spiro atoms. The Balaban J connectivity index is 2.27. The second kappa shape index (κ2) is 6.20. The number of alkyl halides is 3. The second-order valence-electron chi connectivity index (χ2n) is 3.22. The highest BCUT2D eigenvalue weighted by Gasteiger charge is 2.27. The van der Waals surface area contributed by atoms with Crippen LogP contribution in [0.1, 0.15) is 0 Å². The fourth-order valence-corrected chi connectivity index (χ4v) is 1.41. The maximum Gasteiger partial charge on any atom is 0.411 e. The second-order valence-corrected chi connectivity index (χ2v) is 4.13. The van der Waals surface area contributed by atoms with Crippen molar-refractivity contribution in [1.82, 2.24) is 0 Å². The van der Waals surface area contributed by atoms with Crippen molar-refractivity contribution < 1.29 is 22.3 Å². The average Bonchev–Trinajstić information content (AvgIpc) is 2.18. The van der Waals surface area contributed by atoms with Crippen LogP contribution in [0, 0.1) is 5.82 Å². The minimum absolute atomic E-state index is 0.106. The quantitative estimate of drug-likeness (QED) is 0.662. The van der Waals surface area contributed by atoms with Gasteiger partial charge < -0.3 is 10.1 Å². The lowest BCUT2D eigenvalue weighted by atomic mass is 10.3. The summed E-state index contributed by atoms with van der Waals surface area (Å²) in [4.78, 5) is 0. The largest absolute Gasteiger partial charge is 0.411 e. The third-order valence-corrected chi connectivity index (χ3v) is 2.25. The van der Waals surface area contributed by atoms with Crippen molar-refractivity contribution in [2.45, 2.75) is 6.18 Å². The van der Waals surface area contributed by atoms with Crippen LogP contribution in [0.15, 0.2) is 22.7 Å². The van der Waals surface area contributed by atoms with Crippen LogP contribution < -0.4 is 5.32 Å². The van der Waals surface area contributed by atoms with Gasteiger partial charge in [0, 0.05) is 11.0 Å². The zero-order valence-electron chi connectivity index (χ0n) is 8.65. The van der Waals surface area contributed by atoms with E-state index in [0.717, 1.165) is 0 Å². The van der Waals surface area contributed by atoms with E-state index in [1.807, 2.05) is 0 Å². The maximum absolute atomic E-state index is 13.2. The number of anilines is 1. The highest BCUT2D eigenvalue weighted by Crippen LogP contribution is 2.19. The number of benzene rings is 1. The smallest absolute Gasteiger partial charge is 0.380 e. The van der Waals surface area contributed by atoms with E-state index in [0.29, 0.717) is 4.47 Å². The summed E-state index contributed by atoms with van der Waals surface area (Å²) in [6.07, 6.45) is -4.33. The third-order valence-electron chi connectivity index (χ3n) is 1.76. The van der Waals surface area contributed by atoms with Gasteiger partial charge in [0.2, 0.25) is 0 Å². The van der Waals surface area contributed by atoms with Crippen LogP contribution in [0.3, 0.4) is 0 Å². The Labute approximate surface area is 104 Å². The predicted molar refractivity (Wildman–Crippen MR) is 59.5 cm³/mol. The fraction of sp³-hybridized carbons (Fsp3) is 0.400. The van der Waals surface area contributed by atoms with E-state index in [4.69, 9.17) is 0 Å². The Morgan fingerprint density at radius 1 is 1.29 bits per heavy atom. The molecular weight excluding hydrogens is 306 g/mol. The van der Waals surface area contributed by atoms with E-state index in [2.05, 4.69) is 26.0 Å². The van der Waals surface area contributed by atoms with E-state index in [1.165, 1.54) is 12.1 Å². The SMILES string of the molecule is Fc1cc(Br)ccc1NCCOCC(F)(F)F. The summed E-state index contributed by atoms with van der Waals surface area (Å²) in [5, 5.41) is 2.64. The van der Waals surface area contributed by atoms with Crippen LogP contribution in [-0.4, -0.2) is 25.9 Å². The van der Waals surface area contributed by atoms with E-state index in [1.54, 1.807) is 6.07 Å². The molecule has 7 heteroatoms. The topological polar surface area (TPSA) is 21.3 Å². The third kappa shape index (κ3) is 5.88. The van der Waals surface area contributed by atoms with Crippen LogP contribution >= 0.6 is 15.9 Å². The number of hydrogen-bond donors (Lipinski definition) is 1. The van der Waals surface area contributed by atoms with Crippen LogP contribution in [0.25, 0.3) is 0 Å². The molecule has 2 nitrogen and oxygen atoms in total. The Morgan fingerprint density at radius 3 is 2.59 bits per heavy atom. The first-order valence-electron chi connectivity index (χ1n) is 4.72. The van der Waals surface area contributed by atoms with Crippen molar-refractivity contribution in [3.05, 3.63) is 28.5 Å². The molecule has 0 radical (unpaired) electrons. The molecule has 0 aliphatic rings. The zero-order valence-corrected chi connectivity index (χ0v) is 10.2. The normalized spacial score (nSPS) is 11.6. The fourth-order valence-electron chi connectivity index (χ4n) is 1.08. The highest BCUT2D eigenvalue weighted by atomic mass is 79.9. The molecule has 1 rings (SSSR count). The minimum Gasteiger partial charge on any atom is -0.380 e. The Kier molecular flexibility index (Phi) is 5.20. The number of ether oxygens (including phenoxy) is 1. The van der Waals surface area contributed by atoms with Gasteiger partial charge in [-0.25, -0.2) is 4.39 Å². The minimum atomic E-state index is -4.33. The summed E-state index contributed by atoms with van der Waals surface area (Å²) in [5.41, 5.74) is 0.226. The van der Waals surface area contributed by atoms with Crippen LogP contribution in [-0.2, 0) is 4.74 Å². The van der Waals surface area contributed by atoms with Gasteiger partial charge in [-0.05, 0) is 18.2 Å². The monoisotopic (exact) mass is 315 g/mol. The van der Waals surface area contributed by atoms with Gasteiger partial charge in [-0.3, -0.25) is 0 Å². The molecule has 0 aliphatic heterocycles. The highest BCUT2D eigenvalue weighted by molar-refractivity contribution is 9.10. The van der Waals surface area contributed by atoms with Gasteiger partial charge in [0.15, 0.2) is 0 Å². The summed E-state index contributed by atoms with van der Waals surface area (Å²) in [6, 6.07) is 4.38. The van der Waals surface area contributed by atoms with Gasteiger partial charge in [0.05, 0.1) is 12.3 Å².